The number of benzene rings is 1. The maximum absolute atomic E-state index is 10.5. The predicted molar refractivity (Wildman–Crippen MR) is 50.1 cm³/mol. The molecule has 3 nitrogen and oxygen atoms in total. The van der Waals surface area contributed by atoms with E-state index >= 15 is 0 Å². The van der Waals surface area contributed by atoms with Crippen LogP contribution in [0.1, 0.15) is 11.1 Å². The van der Waals surface area contributed by atoms with E-state index in [0.29, 0.717) is 5.69 Å². The van der Waals surface area contributed by atoms with Crippen molar-refractivity contribution < 1.29 is 8.76 Å². The molecule has 0 bridgehead atoms. The molecule has 0 aromatic heterocycles. The van der Waals surface area contributed by atoms with E-state index in [1.54, 1.807) is 6.07 Å². The maximum atomic E-state index is 10.5. The van der Waals surface area contributed by atoms with Crippen LogP contribution in [0.5, 0.6) is 0 Å². The molecule has 0 saturated heterocycles. The zero-order valence-electron chi connectivity index (χ0n) is 6.78. The lowest BCUT2D eigenvalue weighted by Crippen LogP contribution is -1.98. The van der Waals surface area contributed by atoms with Gasteiger partial charge in [0.25, 0.3) is 0 Å². The summed E-state index contributed by atoms with van der Waals surface area (Å²) in [6.07, 6.45) is 0. The largest absolute Gasteiger partial charge is 0.398 e. The predicted octanol–water partition coefficient (Wildman–Crippen LogP) is 1.30. The van der Waals surface area contributed by atoms with Gasteiger partial charge in [0.05, 0.1) is 5.75 Å². The van der Waals surface area contributed by atoms with E-state index in [0.717, 1.165) is 11.1 Å². The van der Waals surface area contributed by atoms with Crippen LogP contribution in [-0.4, -0.2) is 8.76 Å². The highest BCUT2D eigenvalue weighted by Crippen LogP contribution is 2.14. The zero-order valence-corrected chi connectivity index (χ0v) is 7.60. The second-order valence-electron chi connectivity index (χ2n) is 2.67. The van der Waals surface area contributed by atoms with Crippen molar-refractivity contribution in [2.24, 2.45) is 0 Å². The molecular weight excluding hydrogens is 174 g/mol. The Kier molecular flexibility index (Phi) is 2.83. The van der Waals surface area contributed by atoms with Gasteiger partial charge in [0, 0.05) is 5.69 Å². The SMILES string of the molecule is Cc1ccc(N)c(CS(=O)O)c1. The van der Waals surface area contributed by atoms with Gasteiger partial charge in [0.15, 0.2) is 11.1 Å². The van der Waals surface area contributed by atoms with Crippen molar-refractivity contribution in [3.63, 3.8) is 0 Å². The Bertz CT molecular complexity index is 312. The molecule has 0 heterocycles. The van der Waals surface area contributed by atoms with Crippen molar-refractivity contribution >= 4 is 16.8 Å². The molecule has 1 atom stereocenters. The van der Waals surface area contributed by atoms with Crippen molar-refractivity contribution in [2.45, 2.75) is 12.7 Å². The molecule has 0 fully saturated rings. The van der Waals surface area contributed by atoms with Crippen LogP contribution < -0.4 is 5.73 Å². The fourth-order valence-electron chi connectivity index (χ4n) is 0.993. The molecule has 1 unspecified atom stereocenters. The van der Waals surface area contributed by atoms with Crippen LogP contribution in [0.15, 0.2) is 18.2 Å². The van der Waals surface area contributed by atoms with E-state index in [9.17, 15) is 4.21 Å². The van der Waals surface area contributed by atoms with Gasteiger partial charge in [-0.2, -0.15) is 0 Å². The molecule has 12 heavy (non-hydrogen) atoms. The van der Waals surface area contributed by atoms with E-state index in [1.807, 2.05) is 19.1 Å². The highest BCUT2D eigenvalue weighted by Gasteiger charge is 2.02. The Balaban J connectivity index is 2.97. The van der Waals surface area contributed by atoms with Crippen molar-refractivity contribution in [2.75, 3.05) is 5.73 Å². The molecule has 0 saturated carbocycles. The molecule has 1 aromatic carbocycles. The molecule has 4 heteroatoms. The second kappa shape index (κ2) is 3.69. The van der Waals surface area contributed by atoms with Crippen molar-refractivity contribution in [1.82, 2.24) is 0 Å². The van der Waals surface area contributed by atoms with Gasteiger partial charge in [0.2, 0.25) is 0 Å². The third kappa shape index (κ3) is 2.32. The summed E-state index contributed by atoms with van der Waals surface area (Å²) >= 11 is -1.82. The Labute approximate surface area is 73.9 Å². The summed E-state index contributed by atoms with van der Waals surface area (Å²) in [4.78, 5) is 0. The minimum atomic E-state index is -1.82. The lowest BCUT2D eigenvalue weighted by molar-refractivity contribution is 0.563. The monoisotopic (exact) mass is 185 g/mol. The summed E-state index contributed by atoms with van der Waals surface area (Å²) in [6.45, 7) is 1.92. The number of anilines is 1. The molecule has 0 amide bonds. The molecule has 1 aromatic rings. The average Bonchev–Trinajstić information content (AvgIpc) is 1.96. The smallest absolute Gasteiger partial charge is 0.157 e. The zero-order chi connectivity index (χ0) is 9.14. The van der Waals surface area contributed by atoms with Crippen LogP contribution in [0.2, 0.25) is 0 Å². The van der Waals surface area contributed by atoms with Crippen LogP contribution >= 0.6 is 0 Å². The van der Waals surface area contributed by atoms with Gasteiger partial charge in [-0.3, -0.25) is 0 Å². The van der Waals surface area contributed by atoms with Gasteiger partial charge < -0.3 is 10.3 Å². The topological polar surface area (TPSA) is 63.3 Å². The normalized spacial score (nSPS) is 12.8. The maximum Gasteiger partial charge on any atom is 0.157 e. The number of rotatable bonds is 2. The number of nitrogens with two attached hydrogens (primary N) is 1. The first-order valence-corrected chi connectivity index (χ1v) is 4.79. The molecule has 0 aliphatic carbocycles. The highest BCUT2D eigenvalue weighted by atomic mass is 32.2. The summed E-state index contributed by atoms with van der Waals surface area (Å²) < 4.78 is 19.1. The van der Waals surface area contributed by atoms with Crippen molar-refractivity contribution in [3.8, 4) is 0 Å². The molecule has 0 spiro atoms. The lowest BCUT2D eigenvalue weighted by Gasteiger charge is -2.03. The first-order chi connectivity index (χ1) is 5.59. The summed E-state index contributed by atoms with van der Waals surface area (Å²) in [7, 11) is 0. The molecular formula is C8H11NO2S. The van der Waals surface area contributed by atoms with Crippen molar-refractivity contribution in [3.05, 3.63) is 29.3 Å². The lowest BCUT2D eigenvalue weighted by atomic mass is 10.1. The fourth-order valence-corrected chi connectivity index (χ4v) is 1.51. The summed E-state index contributed by atoms with van der Waals surface area (Å²) in [5.74, 6) is 0.105. The quantitative estimate of drug-likeness (QED) is 0.539. The number of hydrogen-bond acceptors (Lipinski definition) is 2. The third-order valence-corrected chi connectivity index (χ3v) is 2.14. The van der Waals surface area contributed by atoms with Gasteiger partial charge in [-0.1, -0.05) is 17.7 Å². The van der Waals surface area contributed by atoms with Gasteiger partial charge in [-0.25, -0.2) is 4.21 Å². The number of nitrogen functional groups attached to an aromatic ring is 1. The van der Waals surface area contributed by atoms with E-state index in [1.165, 1.54) is 0 Å². The first-order valence-electron chi connectivity index (χ1n) is 3.52. The molecule has 1 rings (SSSR count). The van der Waals surface area contributed by atoms with Gasteiger partial charge >= 0.3 is 0 Å². The Morgan fingerprint density at radius 3 is 2.83 bits per heavy atom. The third-order valence-electron chi connectivity index (χ3n) is 1.58. The molecule has 0 aliphatic heterocycles. The van der Waals surface area contributed by atoms with Crippen LogP contribution in [0.4, 0.5) is 5.69 Å². The summed E-state index contributed by atoms with van der Waals surface area (Å²) in [5.41, 5.74) is 7.94. The second-order valence-corrected chi connectivity index (χ2v) is 3.60. The van der Waals surface area contributed by atoms with E-state index in [-0.39, 0.29) is 5.75 Å². The van der Waals surface area contributed by atoms with Crippen LogP contribution in [-0.2, 0) is 16.8 Å². The molecule has 0 aliphatic rings. The Morgan fingerprint density at radius 2 is 2.25 bits per heavy atom. The summed E-state index contributed by atoms with van der Waals surface area (Å²) in [5, 5.41) is 0. The Morgan fingerprint density at radius 1 is 1.58 bits per heavy atom. The fraction of sp³-hybridized carbons (Fsp3) is 0.250. The number of hydrogen-bond donors (Lipinski definition) is 2. The van der Waals surface area contributed by atoms with E-state index < -0.39 is 11.1 Å². The molecule has 66 valence electrons. The van der Waals surface area contributed by atoms with Crippen molar-refractivity contribution in [1.29, 1.82) is 0 Å². The molecule has 3 N–H and O–H groups in total. The minimum Gasteiger partial charge on any atom is -0.398 e. The van der Waals surface area contributed by atoms with Gasteiger partial charge in [-0.05, 0) is 18.6 Å². The molecule has 0 radical (unpaired) electrons. The van der Waals surface area contributed by atoms with E-state index in [4.69, 9.17) is 10.3 Å². The van der Waals surface area contributed by atoms with Crippen LogP contribution in [0.3, 0.4) is 0 Å². The van der Waals surface area contributed by atoms with Gasteiger partial charge in [0.1, 0.15) is 0 Å². The number of aryl methyl sites for hydroxylation is 1. The Hall–Kier alpha value is -0.870. The average molecular weight is 185 g/mol. The van der Waals surface area contributed by atoms with Crippen LogP contribution in [0, 0.1) is 6.92 Å². The van der Waals surface area contributed by atoms with Gasteiger partial charge in [-0.15, -0.1) is 0 Å². The van der Waals surface area contributed by atoms with Crippen LogP contribution in [0.25, 0.3) is 0 Å². The summed E-state index contributed by atoms with van der Waals surface area (Å²) in [6, 6.07) is 5.44. The first kappa shape index (κ1) is 9.22. The highest BCUT2D eigenvalue weighted by molar-refractivity contribution is 7.78. The standard InChI is InChI=1S/C8H11NO2S/c1-6-2-3-8(9)7(4-6)5-12(10)11/h2-4H,5,9H2,1H3,(H,10,11). The van der Waals surface area contributed by atoms with E-state index in [2.05, 4.69) is 0 Å². The minimum absolute atomic E-state index is 0.105.